The summed E-state index contributed by atoms with van der Waals surface area (Å²) < 4.78 is 22.0. The van der Waals surface area contributed by atoms with Gasteiger partial charge in [-0.25, -0.2) is 0 Å². The molecule has 0 saturated heterocycles. The molecule has 0 spiro atoms. The van der Waals surface area contributed by atoms with Crippen molar-refractivity contribution in [3.8, 4) is 23.0 Å². The van der Waals surface area contributed by atoms with Gasteiger partial charge >= 0.3 is 0 Å². The van der Waals surface area contributed by atoms with Gasteiger partial charge in [0.1, 0.15) is 0 Å². The van der Waals surface area contributed by atoms with E-state index in [4.69, 9.17) is 18.9 Å². The second kappa shape index (κ2) is 6.33. The molecule has 4 rings (SSSR count). The molecule has 0 aliphatic carbocycles. The van der Waals surface area contributed by atoms with Crippen LogP contribution in [0.2, 0.25) is 0 Å². The minimum Gasteiger partial charge on any atom is -0.493 e. The molecule has 5 heteroatoms. The molecule has 0 radical (unpaired) electrons. The molecule has 0 fully saturated rings. The van der Waals surface area contributed by atoms with E-state index in [0.717, 1.165) is 50.9 Å². The number of nitrogens with zero attached hydrogens (tertiary/aromatic N) is 1. The van der Waals surface area contributed by atoms with E-state index in [0.29, 0.717) is 6.54 Å². The lowest BCUT2D eigenvalue weighted by atomic mass is 9.92. The summed E-state index contributed by atoms with van der Waals surface area (Å²) in [6.45, 7) is 0.714. The first kappa shape index (κ1) is 16.4. The third-order valence-electron chi connectivity index (χ3n) is 4.88. The van der Waals surface area contributed by atoms with Crippen LogP contribution in [0.5, 0.6) is 23.0 Å². The van der Waals surface area contributed by atoms with Crippen LogP contribution in [0.4, 0.5) is 0 Å². The van der Waals surface area contributed by atoms with Gasteiger partial charge in [0.05, 0.1) is 35.0 Å². The van der Waals surface area contributed by atoms with Gasteiger partial charge in [0, 0.05) is 23.0 Å². The van der Waals surface area contributed by atoms with E-state index in [2.05, 4.69) is 29.3 Å². The van der Waals surface area contributed by atoms with Gasteiger partial charge in [-0.05, 0) is 41.5 Å². The maximum Gasteiger partial charge on any atom is 0.166 e. The van der Waals surface area contributed by atoms with Crippen LogP contribution in [0, 0.1) is 0 Å². The number of hydrogen-bond donors (Lipinski definition) is 0. The quantitative estimate of drug-likeness (QED) is 0.832. The van der Waals surface area contributed by atoms with Gasteiger partial charge in [0.2, 0.25) is 0 Å². The van der Waals surface area contributed by atoms with Crippen molar-refractivity contribution in [3.05, 3.63) is 52.7 Å². The normalized spacial score (nSPS) is 14.0. The van der Waals surface area contributed by atoms with Crippen molar-refractivity contribution in [3.63, 3.8) is 0 Å². The second-order valence-electron chi connectivity index (χ2n) is 6.14. The van der Waals surface area contributed by atoms with Crippen molar-refractivity contribution in [1.29, 1.82) is 0 Å². The average Bonchev–Trinajstić information content (AvgIpc) is 2.70. The van der Waals surface area contributed by atoms with Crippen molar-refractivity contribution >= 4 is 17.8 Å². The minimum absolute atomic E-state index is 0.714. The molecule has 2 aromatic rings. The van der Waals surface area contributed by atoms with Crippen molar-refractivity contribution in [2.75, 3.05) is 28.4 Å². The summed E-state index contributed by atoms with van der Waals surface area (Å²) in [5, 5.41) is 0. The van der Waals surface area contributed by atoms with E-state index < -0.39 is 0 Å². The van der Waals surface area contributed by atoms with Crippen LogP contribution in [-0.2, 0) is 6.54 Å². The van der Waals surface area contributed by atoms with E-state index in [1.54, 1.807) is 28.4 Å². The summed E-state index contributed by atoms with van der Waals surface area (Å²) in [5.74, 6) is 2.98. The molecule has 5 nitrogen and oxygen atoms in total. The smallest absolute Gasteiger partial charge is 0.166 e. The van der Waals surface area contributed by atoms with Crippen molar-refractivity contribution < 1.29 is 18.9 Å². The minimum atomic E-state index is 0.714. The zero-order valence-electron chi connectivity index (χ0n) is 15.3. The van der Waals surface area contributed by atoms with Gasteiger partial charge in [0.25, 0.3) is 0 Å². The van der Waals surface area contributed by atoms with Crippen LogP contribution >= 0.6 is 0 Å². The number of methoxy groups -OCH3 is 4. The maximum atomic E-state index is 5.61. The van der Waals surface area contributed by atoms with E-state index >= 15 is 0 Å². The topological polar surface area (TPSA) is 40.2 Å². The SMILES string of the molecule is COc1cc2c(cc1OC)C1=Cc3ccc(OC)c(OC)c3CN1C=C2. The van der Waals surface area contributed by atoms with E-state index in [1.165, 1.54) is 0 Å². The third kappa shape index (κ3) is 2.39. The lowest BCUT2D eigenvalue weighted by Crippen LogP contribution is -2.22. The molecule has 0 N–H and O–H groups in total. The Bertz CT molecular complexity index is 930. The Morgan fingerprint density at radius 2 is 1.54 bits per heavy atom. The first-order chi connectivity index (χ1) is 12.7. The van der Waals surface area contributed by atoms with Crippen molar-refractivity contribution in [2.24, 2.45) is 0 Å². The Morgan fingerprint density at radius 3 is 2.23 bits per heavy atom. The summed E-state index contributed by atoms with van der Waals surface area (Å²) in [6, 6.07) is 8.05. The molecular formula is C21H21NO4. The number of rotatable bonds is 4. The molecule has 0 amide bonds. The summed E-state index contributed by atoms with van der Waals surface area (Å²) in [4.78, 5) is 2.21. The van der Waals surface area contributed by atoms with Gasteiger partial charge in [-0.3, -0.25) is 0 Å². The highest BCUT2D eigenvalue weighted by Gasteiger charge is 2.27. The Labute approximate surface area is 153 Å². The molecule has 134 valence electrons. The molecule has 0 aromatic heterocycles. The van der Waals surface area contributed by atoms with Crippen LogP contribution in [0.15, 0.2) is 30.5 Å². The Balaban J connectivity index is 1.88. The van der Waals surface area contributed by atoms with Gasteiger partial charge < -0.3 is 23.8 Å². The summed E-state index contributed by atoms with van der Waals surface area (Å²) in [6.07, 6.45) is 6.35. The fourth-order valence-corrected chi connectivity index (χ4v) is 3.58. The van der Waals surface area contributed by atoms with Crippen LogP contribution in [0.3, 0.4) is 0 Å². The molecule has 0 saturated carbocycles. The summed E-state index contributed by atoms with van der Waals surface area (Å²) in [7, 11) is 6.64. The second-order valence-corrected chi connectivity index (χ2v) is 6.14. The number of hydrogen-bond acceptors (Lipinski definition) is 5. The molecule has 2 aliphatic heterocycles. The highest BCUT2D eigenvalue weighted by atomic mass is 16.5. The van der Waals surface area contributed by atoms with Crippen LogP contribution < -0.4 is 18.9 Å². The lowest BCUT2D eigenvalue weighted by Gasteiger charge is -2.34. The molecule has 2 heterocycles. The van der Waals surface area contributed by atoms with Crippen LogP contribution in [0.1, 0.15) is 22.3 Å². The van der Waals surface area contributed by atoms with Crippen LogP contribution in [-0.4, -0.2) is 33.3 Å². The van der Waals surface area contributed by atoms with E-state index in [1.807, 2.05) is 18.2 Å². The predicted molar refractivity (Wildman–Crippen MR) is 102 cm³/mol. The van der Waals surface area contributed by atoms with Crippen LogP contribution in [0.25, 0.3) is 17.8 Å². The van der Waals surface area contributed by atoms with E-state index in [-0.39, 0.29) is 0 Å². The summed E-state index contributed by atoms with van der Waals surface area (Å²) >= 11 is 0. The Morgan fingerprint density at radius 1 is 0.808 bits per heavy atom. The number of fused-ring (bicyclic) bond motifs is 4. The highest BCUT2D eigenvalue weighted by molar-refractivity contribution is 5.91. The monoisotopic (exact) mass is 351 g/mol. The first-order valence-electron chi connectivity index (χ1n) is 8.37. The molecule has 0 unspecified atom stereocenters. The van der Waals surface area contributed by atoms with Gasteiger partial charge in [0.15, 0.2) is 23.0 Å². The molecule has 2 aromatic carbocycles. The average molecular weight is 351 g/mol. The van der Waals surface area contributed by atoms with Gasteiger partial charge in [-0.15, -0.1) is 0 Å². The van der Waals surface area contributed by atoms with Crippen molar-refractivity contribution in [1.82, 2.24) is 4.90 Å². The fraction of sp³-hybridized carbons (Fsp3) is 0.238. The molecule has 0 atom stereocenters. The first-order valence-corrected chi connectivity index (χ1v) is 8.37. The predicted octanol–water partition coefficient (Wildman–Crippen LogP) is 4.02. The zero-order chi connectivity index (χ0) is 18.3. The van der Waals surface area contributed by atoms with Crippen molar-refractivity contribution in [2.45, 2.75) is 6.54 Å². The molecule has 0 bridgehead atoms. The third-order valence-corrected chi connectivity index (χ3v) is 4.88. The molecule has 26 heavy (non-hydrogen) atoms. The maximum absolute atomic E-state index is 5.61. The Kier molecular flexibility index (Phi) is 3.99. The van der Waals surface area contributed by atoms with Gasteiger partial charge in [-0.2, -0.15) is 0 Å². The standard InChI is InChI=1S/C21H21NO4/c1-23-18-6-5-13-9-17-15-11-20(25-3)19(24-2)10-14(15)7-8-22(17)12-16(13)21(18)26-4/h5-11H,12H2,1-4H3. The largest absolute Gasteiger partial charge is 0.493 e. The fourth-order valence-electron chi connectivity index (χ4n) is 3.58. The number of benzene rings is 2. The molecule has 2 aliphatic rings. The highest BCUT2D eigenvalue weighted by Crippen LogP contribution is 2.44. The number of ether oxygens (including phenoxy) is 4. The summed E-state index contributed by atoms with van der Waals surface area (Å²) in [5.41, 5.74) is 5.59. The van der Waals surface area contributed by atoms with Gasteiger partial charge in [-0.1, -0.05) is 6.07 Å². The zero-order valence-corrected chi connectivity index (χ0v) is 15.3. The van der Waals surface area contributed by atoms with E-state index in [9.17, 15) is 0 Å². The molecular weight excluding hydrogens is 330 g/mol. The lowest BCUT2D eigenvalue weighted by molar-refractivity contribution is 0.346. The Hall–Kier alpha value is -3.08.